The number of anilines is 1. The van der Waals surface area contributed by atoms with E-state index in [9.17, 15) is 13.2 Å². The zero-order valence-electron chi connectivity index (χ0n) is 14.2. The Morgan fingerprint density at radius 2 is 1.54 bits per heavy atom. The van der Waals surface area contributed by atoms with E-state index in [1.54, 1.807) is 12.1 Å². The summed E-state index contributed by atoms with van der Waals surface area (Å²) in [6.07, 6.45) is -2.71. The van der Waals surface area contributed by atoms with E-state index in [2.05, 4.69) is 21.8 Å². The minimum atomic E-state index is -4.65. The fourth-order valence-electron chi connectivity index (χ4n) is 3.26. The molecule has 1 fully saturated rings. The molecule has 1 heterocycles. The lowest BCUT2D eigenvalue weighted by Gasteiger charge is -2.34. The number of nitrogens with two attached hydrogens (primary N) is 1. The van der Waals surface area contributed by atoms with Crippen LogP contribution < -0.4 is 15.4 Å². The zero-order valence-corrected chi connectivity index (χ0v) is 15.0. The van der Waals surface area contributed by atoms with Gasteiger partial charge >= 0.3 is 6.36 Å². The molecule has 0 aromatic heterocycles. The van der Waals surface area contributed by atoms with E-state index < -0.39 is 6.36 Å². The second kappa shape index (κ2) is 8.64. The maximum Gasteiger partial charge on any atom is 0.573 e. The first-order valence-electron chi connectivity index (χ1n) is 8.34. The number of benzene rings is 2. The lowest BCUT2D eigenvalue weighted by molar-refractivity contribution is -0.274. The van der Waals surface area contributed by atoms with Crippen molar-refractivity contribution < 1.29 is 17.9 Å². The van der Waals surface area contributed by atoms with Crippen molar-refractivity contribution in [2.75, 3.05) is 18.0 Å². The van der Waals surface area contributed by atoms with Gasteiger partial charge in [0.25, 0.3) is 0 Å². The van der Waals surface area contributed by atoms with Gasteiger partial charge in [0, 0.05) is 25.3 Å². The van der Waals surface area contributed by atoms with E-state index in [1.807, 2.05) is 12.1 Å². The molecule has 0 unspecified atom stereocenters. The lowest BCUT2D eigenvalue weighted by atomic mass is 9.89. The Morgan fingerprint density at radius 3 is 2.04 bits per heavy atom. The summed E-state index contributed by atoms with van der Waals surface area (Å²) in [5.74, 6) is 0.188. The summed E-state index contributed by atoms with van der Waals surface area (Å²) >= 11 is 0. The minimum absolute atomic E-state index is 0. The Bertz CT molecular complexity index is 681. The molecule has 1 aliphatic rings. The lowest BCUT2D eigenvalue weighted by Crippen LogP contribution is -2.32. The molecular weight excluding hydrogens is 365 g/mol. The Hall–Kier alpha value is -1.92. The summed E-state index contributed by atoms with van der Waals surface area (Å²) in [4.78, 5) is 2.33. The molecule has 0 aliphatic carbocycles. The molecule has 0 spiro atoms. The molecule has 2 N–H and O–H groups in total. The number of hydrogen-bond donors (Lipinski definition) is 1. The third kappa shape index (κ3) is 5.29. The highest BCUT2D eigenvalue weighted by molar-refractivity contribution is 5.85. The van der Waals surface area contributed by atoms with Crippen LogP contribution in [0.5, 0.6) is 5.75 Å². The van der Waals surface area contributed by atoms with Crippen LogP contribution >= 0.6 is 12.4 Å². The summed E-state index contributed by atoms with van der Waals surface area (Å²) in [7, 11) is 0. The average molecular weight is 387 g/mol. The van der Waals surface area contributed by atoms with Gasteiger partial charge in [-0.2, -0.15) is 0 Å². The SMILES string of the molecule is Cl.NCc1ccc(N2CCC(c3ccc(OC(F)(F)F)cc3)CC2)cc1. The van der Waals surface area contributed by atoms with Crippen LogP contribution in [0.4, 0.5) is 18.9 Å². The van der Waals surface area contributed by atoms with Gasteiger partial charge in [-0.3, -0.25) is 0 Å². The van der Waals surface area contributed by atoms with Gasteiger partial charge in [-0.25, -0.2) is 0 Å². The van der Waals surface area contributed by atoms with Crippen molar-refractivity contribution in [3.63, 3.8) is 0 Å². The van der Waals surface area contributed by atoms with Crippen molar-refractivity contribution in [2.24, 2.45) is 5.73 Å². The standard InChI is InChI=1S/C19H21F3N2O.ClH/c20-19(21,22)25-18-7-3-15(4-8-18)16-9-11-24(12-10-16)17-5-1-14(13-23)2-6-17;/h1-8,16H,9-13,23H2;1H. The second-order valence-corrected chi connectivity index (χ2v) is 6.25. The van der Waals surface area contributed by atoms with Gasteiger partial charge in [0.1, 0.15) is 5.75 Å². The zero-order chi connectivity index (χ0) is 17.9. The number of hydrogen-bond acceptors (Lipinski definition) is 3. The number of ether oxygens (including phenoxy) is 1. The number of rotatable bonds is 4. The quantitative estimate of drug-likeness (QED) is 0.816. The fraction of sp³-hybridized carbons (Fsp3) is 0.368. The van der Waals surface area contributed by atoms with Crippen LogP contribution in [0.1, 0.15) is 29.9 Å². The van der Waals surface area contributed by atoms with Gasteiger partial charge in [0.05, 0.1) is 0 Å². The average Bonchev–Trinajstić information content (AvgIpc) is 2.61. The van der Waals surface area contributed by atoms with Crippen molar-refractivity contribution in [3.05, 3.63) is 59.7 Å². The van der Waals surface area contributed by atoms with Gasteiger partial charge in [-0.15, -0.1) is 25.6 Å². The molecular formula is C19H22ClF3N2O. The maximum absolute atomic E-state index is 12.2. The van der Waals surface area contributed by atoms with Gasteiger partial charge in [-0.1, -0.05) is 24.3 Å². The van der Waals surface area contributed by atoms with E-state index in [4.69, 9.17) is 5.73 Å². The first-order valence-corrected chi connectivity index (χ1v) is 8.34. The highest BCUT2D eigenvalue weighted by atomic mass is 35.5. The predicted octanol–water partition coefficient (Wildman–Crippen LogP) is 4.85. The molecule has 3 nitrogen and oxygen atoms in total. The third-order valence-electron chi connectivity index (χ3n) is 4.62. The van der Waals surface area contributed by atoms with E-state index in [1.165, 1.54) is 17.8 Å². The molecule has 0 atom stereocenters. The summed E-state index contributed by atoms with van der Waals surface area (Å²) < 4.78 is 40.6. The molecule has 26 heavy (non-hydrogen) atoms. The van der Waals surface area contributed by atoms with Crippen molar-refractivity contribution in [1.29, 1.82) is 0 Å². The van der Waals surface area contributed by atoms with Crippen molar-refractivity contribution in [3.8, 4) is 5.75 Å². The Morgan fingerprint density at radius 1 is 0.962 bits per heavy atom. The van der Waals surface area contributed by atoms with Gasteiger partial charge in [0.15, 0.2) is 0 Å². The van der Waals surface area contributed by atoms with Crippen LogP contribution in [-0.4, -0.2) is 19.5 Å². The Balaban J connectivity index is 0.00000243. The van der Waals surface area contributed by atoms with E-state index in [0.29, 0.717) is 12.5 Å². The molecule has 1 aliphatic heterocycles. The first-order chi connectivity index (χ1) is 11.9. The van der Waals surface area contributed by atoms with E-state index >= 15 is 0 Å². The Kier molecular flexibility index (Phi) is 6.78. The number of alkyl halides is 3. The number of halogens is 4. The molecule has 7 heteroatoms. The first kappa shape index (κ1) is 20.4. The summed E-state index contributed by atoms with van der Waals surface area (Å²) in [5.41, 5.74) is 8.98. The molecule has 0 amide bonds. The van der Waals surface area contributed by atoms with Crippen LogP contribution in [0, 0.1) is 0 Å². The van der Waals surface area contributed by atoms with Crippen molar-refractivity contribution in [2.45, 2.75) is 31.7 Å². The molecule has 0 radical (unpaired) electrons. The molecule has 142 valence electrons. The summed E-state index contributed by atoms with van der Waals surface area (Å²) in [6, 6.07) is 14.5. The van der Waals surface area contributed by atoms with Crippen molar-refractivity contribution >= 4 is 18.1 Å². The van der Waals surface area contributed by atoms with E-state index in [-0.39, 0.29) is 18.2 Å². The van der Waals surface area contributed by atoms with Crippen LogP contribution in [-0.2, 0) is 6.54 Å². The van der Waals surface area contributed by atoms with Crippen LogP contribution in [0.15, 0.2) is 48.5 Å². The van der Waals surface area contributed by atoms with Gasteiger partial charge < -0.3 is 15.4 Å². The van der Waals surface area contributed by atoms with Crippen LogP contribution in [0.25, 0.3) is 0 Å². The highest BCUT2D eigenvalue weighted by Crippen LogP contribution is 2.32. The number of nitrogens with zero attached hydrogens (tertiary/aromatic N) is 1. The molecule has 0 saturated carbocycles. The van der Waals surface area contributed by atoms with Crippen molar-refractivity contribution in [1.82, 2.24) is 0 Å². The topological polar surface area (TPSA) is 38.5 Å². The molecule has 1 saturated heterocycles. The third-order valence-corrected chi connectivity index (χ3v) is 4.62. The van der Waals surface area contributed by atoms with Crippen LogP contribution in [0.3, 0.4) is 0 Å². The summed E-state index contributed by atoms with van der Waals surface area (Å²) in [5, 5.41) is 0. The van der Waals surface area contributed by atoms with E-state index in [0.717, 1.165) is 37.1 Å². The molecule has 3 rings (SSSR count). The monoisotopic (exact) mass is 386 g/mol. The Labute approximate surface area is 157 Å². The molecule has 2 aromatic rings. The minimum Gasteiger partial charge on any atom is -0.406 e. The summed E-state index contributed by atoms with van der Waals surface area (Å²) in [6.45, 7) is 2.39. The number of piperidine rings is 1. The highest BCUT2D eigenvalue weighted by Gasteiger charge is 2.31. The smallest absolute Gasteiger partial charge is 0.406 e. The van der Waals surface area contributed by atoms with Crippen LogP contribution in [0.2, 0.25) is 0 Å². The molecule has 2 aromatic carbocycles. The largest absolute Gasteiger partial charge is 0.573 e. The normalized spacial score (nSPS) is 15.5. The second-order valence-electron chi connectivity index (χ2n) is 6.25. The predicted molar refractivity (Wildman–Crippen MR) is 98.9 cm³/mol. The molecule has 0 bridgehead atoms. The fourth-order valence-corrected chi connectivity index (χ4v) is 3.26. The van der Waals surface area contributed by atoms with Gasteiger partial charge in [-0.05, 0) is 54.2 Å². The van der Waals surface area contributed by atoms with Gasteiger partial charge in [0.2, 0.25) is 0 Å². The maximum atomic E-state index is 12.2.